The van der Waals surface area contributed by atoms with Gasteiger partial charge in [0.15, 0.2) is 0 Å². The molecule has 1 aromatic rings. The monoisotopic (exact) mass is 266 g/mol. The van der Waals surface area contributed by atoms with Gasteiger partial charge in [0.1, 0.15) is 0 Å². The topological polar surface area (TPSA) is 49.4 Å². The van der Waals surface area contributed by atoms with E-state index in [1.165, 1.54) is 0 Å². The molecule has 2 rings (SSSR count). The molecule has 0 spiro atoms. The standard InChI is InChI=1S/C13H15ClN2O2/c1-9-8-12(17)15-10-4-2-3-5-11(10)16(9)13(18)6-7-14/h2-5,9H,6-8H2,1H3,(H,15,17)/t9-/m1/s1. The number of nitrogens with zero attached hydrogens (tertiary/aromatic N) is 1. The summed E-state index contributed by atoms with van der Waals surface area (Å²) in [4.78, 5) is 25.5. The molecule has 1 atom stereocenters. The van der Waals surface area contributed by atoms with Crippen molar-refractivity contribution < 1.29 is 9.59 Å². The van der Waals surface area contributed by atoms with Gasteiger partial charge in [0, 0.05) is 24.8 Å². The Balaban J connectivity index is 2.43. The van der Waals surface area contributed by atoms with E-state index in [1.54, 1.807) is 11.0 Å². The van der Waals surface area contributed by atoms with Crippen molar-refractivity contribution in [2.45, 2.75) is 25.8 Å². The van der Waals surface area contributed by atoms with Crippen LogP contribution in [0.3, 0.4) is 0 Å². The maximum Gasteiger partial charge on any atom is 0.228 e. The van der Waals surface area contributed by atoms with Gasteiger partial charge in [-0.1, -0.05) is 12.1 Å². The second-order valence-electron chi connectivity index (χ2n) is 4.32. The van der Waals surface area contributed by atoms with Gasteiger partial charge in [-0.2, -0.15) is 0 Å². The lowest BCUT2D eigenvalue weighted by molar-refractivity contribution is -0.119. The van der Waals surface area contributed by atoms with Crippen molar-refractivity contribution in [1.29, 1.82) is 0 Å². The summed E-state index contributed by atoms with van der Waals surface area (Å²) < 4.78 is 0. The lowest BCUT2D eigenvalue weighted by Gasteiger charge is -2.27. The Morgan fingerprint density at radius 1 is 1.50 bits per heavy atom. The largest absolute Gasteiger partial charge is 0.324 e. The van der Waals surface area contributed by atoms with Crippen molar-refractivity contribution in [2.24, 2.45) is 0 Å². The summed E-state index contributed by atoms with van der Waals surface area (Å²) in [5.41, 5.74) is 1.42. The maximum absolute atomic E-state index is 12.1. The molecule has 96 valence electrons. The van der Waals surface area contributed by atoms with Gasteiger partial charge in [-0.05, 0) is 19.1 Å². The normalized spacial score (nSPS) is 18.9. The Bertz CT molecular complexity index is 476. The number of rotatable bonds is 2. The van der Waals surface area contributed by atoms with Crippen LogP contribution in [0.2, 0.25) is 0 Å². The second-order valence-corrected chi connectivity index (χ2v) is 4.70. The van der Waals surface area contributed by atoms with Gasteiger partial charge in [-0.15, -0.1) is 11.6 Å². The zero-order chi connectivity index (χ0) is 13.1. The van der Waals surface area contributed by atoms with E-state index in [-0.39, 0.29) is 30.2 Å². The number of carbonyl (C=O) groups is 2. The molecule has 0 radical (unpaired) electrons. The molecule has 0 aliphatic carbocycles. The molecule has 0 unspecified atom stereocenters. The lowest BCUT2D eigenvalue weighted by atomic mass is 10.1. The number of alkyl halides is 1. The molecule has 1 aliphatic heterocycles. The zero-order valence-electron chi connectivity index (χ0n) is 10.1. The summed E-state index contributed by atoms with van der Waals surface area (Å²) in [5, 5.41) is 2.81. The first-order valence-corrected chi connectivity index (χ1v) is 6.44. The van der Waals surface area contributed by atoms with Crippen LogP contribution in [-0.4, -0.2) is 23.7 Å². The lowest BCUT2D eigenvalue weighted by Crippen LogP contribution is -2.39. The molecule has 1 aliphatic rings. The number of anilines is 2. The van der Waals surface area contributed by atoms with Crippen LogP contribution >= 0.6 is 11.6 Å². The second kappa shape index (κ2) is 5.40. The van der Waals surface area contributed by atoms with Crippen LogP contribution in [0.15, 0.2) is 24.3 Å². The number of fused-ring (bicyclic) bond motifs is 1. The molecule has 1 N–H and O–H groups in total. The van der Waals surface area contributed by atoms with Gasteiger partial charge < -0.3 is 10.2 Å². The number of amides is 2. The highest BCUT2D eigenvalue weighted by molar-refractivity contribution is 6.19. The van der Waals surface area contributed by atoms with Crippen molar-refractivity contribution in [2.75, 3.05) is 16.1 Å². The summed E-state index contributed by atoms with van der Waals surface area (Å²) in [6, 6.07) is 7.16. The van der Waals surface area contributed by atoms with Gasteiger partial charge in [-0.3, -0.25) is 9.59 Å². The Kier molecular flexibility index (Phi) is 3.87. The minimum absolute atomic E-state index is 0.0542. The van der Waals surface area contributed by atoms with Crippen LogP contribution in [0.5, 0.6) is 0 Å². The van der Waals surface area contributed by atoms with E-state index < -0.39 is 0 Å². The van der Waals surface area contributed by atoms with E-state index in [4.69, 9.17) is 11.6 Å². The van der Waals surface area contributed by atoms with Crippen LogP contribution in [0, 0.1) is 0 Å². The average Bonchev–Trinajstić information content (AvgIpc) is 2.43. The van der Waals surface area contributed by atoms with Crippen LogP contribution < -0.4 is 10.2 Å². The fraction of sp³-hybridized carbons (Fsp3) is 0.385. The van der Waals surface area contributed by atoms with Crippen molar-refractivity contribution >= 4 is 34.8 Å². The number of benzene rings is 1. The van der Waals surface area contributed by atoms with E-state index in [2.05, 4.69) is 5.32 Å². The van der Waals surface area contributed by atoms with Gasteiger partial charge in [0.05, 0.1) is 11.4 Å². The Morgan fingerprint density at radius 3 is 2.94 bits per heavy atom. The van der Waals surface area contributed by atoms with E-state index in [1.807, 2.05) is 25.1 Å². The molecule has 4 nitrogen and oxygen atoms in total. The summed E-state index contributed by atoms with van der Waals surface area (Å²) in [5.74, 6) is 0.156. The summed E-state index contributed by atoms with van der Waals surface area (Å²) in [7, 11) is 0. The van der Waals surface area contributed by atoms with E-state index in [0.29, 0.717) is 12.1 Å². The van der Waals surface area contributed by atoms with Gasteiger partial charge in [0.2, 0.25) is 11.8 Å². The van der Waals surface area contributed by atoms with Crippen molar-refractivity contribution in [3.8, 4) is 0 Å². The van der Waals surface area contributed by atoms with Gasteiger partial charge in [-0.25, -0.2) is 0 Å². The molecule has 0 fully saturated rings. The molecular formula is C13H15ClN2O2. The average molecular weight is 267 g/mol. The van der Waals surface area contributed by atoms with E-state index in [0.717, 1.165) is 5.69 Å². The third kappa shape index (κ3) is 2.48. The third-order valence-electron chi connectivity index (χ3n) is 2.94. The predicted octanol–water partition coefficient (Wildman–Crippen LogP) is 2.38. The molecule has 2 amide bonds. The van der Waals surface area contributed by atoms with Crippen LogP contribution in [0.4, 0.5) is 11.4 Å². The smallest absolute Gasteiger partial charge is 0.228 e. The molecule has 1 heterocycles. The summed E-state index contributed by atoms with van der Waals surface area (Å²) in [6.45, 7) is 1.87. The first-order valence-electron chi connectivity index (χ1n) is 5.90. The Hall–Kier alpha value is -1.55. The summed E-state index contributed by atoms with van der Waals surface area (Å²) in [6.07, 6.45) is 0.567. The summed E-state index contributed by atoms with van der Waals surface area (Å²) >= 11 is 5.63. The predicted molar refractivity (Wildman–Crippen MR) is 72.0 cm³/mol. The van der Waals surface area contributed by atoms with Crippen molar-refractivity contribution in [3.05, 3.63) is 24.3 Å². The number of para-hydroxylation sites is 2. The number of halogens is 1. The molecule has 5 heteroatoms. The zero-order valence-corrected chi connectivity index (χ0v) is 10.9. The minimum atomic E-state index is -0.163. The number of nitrogens with one attached hydrogen (secondary N) is 1. The van der Waals surface area contributed by atoms with Crippen molar-refractivity contribution in [3.63, 3.8) is 0 Å². The molecule has 1 aromatic carbocycles. The molecule has 0 saturated carbocycles. The van der Waals surface area contributed by atoms with Crippen molar-refractivity contribution in [1.82, 2.24) is 0 Å². The fourth-order valence-corrected chi connectivity index (χ4v) is 2.33. The maximum atomic E-state index is 12.1. The molecule has 18 heavy (non-hydrogen) atoms. The molecular weight excluding hydrogens is 252 g/mol. The highest BCUT2D eigenvalue weighted by atomic mass is 35.5. The molecule has 0 aromatic heterocycles. The number of hydrogen-bond donors (Lipinski definition) is 1. The van der Waals surface area contributed by atoms with Crippen LogP contribution in [0.25, 0.3) is 0 Å². The van der Waals surface area contributed by atoms with E-state index >= 15 is 0 Å². The third-order valence-corrected chi connectivity index (χ3v) is 3.13. The fourth-order valence-electron chi connectivity index (χ4n) is 2.17. The van der Waals surface area contributed by atoms with Crippen LogP contribution in [0.1, 0.15) is 19.8 Å². The van der Waals surface area contributed by atoms with E-state index in [9.17, 15) is 9.59 Å². The van der Waals surface area contributed by atoms with Gasteiger partial charge in [0.25, 0.3) is 0 Å². The SMILES string of the molecule is C[C@@H]1CC(=O)Nc2ccccc2N1C(=O)CCCl. The molecule has 0 bridgehead atoms. The Labute approximate surface area is 111 Å². The number of carbonyl (C=O) groups excluding carboxylic acids is 2. The van der Waals surface area contributed by atoms with Gasteiger partial charge >= 0.3 is 0 Å². The van der Waals surface area contributed by atoms with Crippen LogP contribution in [-0.2, 0) is 9.59 Å². The highest BCUT2D eigenvalue weighted by Crippen LogP contribution is 2.31. The quantitative estimate of drug-likeness (QED) is 0.836. The minimum Gasteiger partial charge on any atom is -0.324 e. The first kappa shape index (κ1) is 12.9. The molecule has 0 saturated heterocycles. The Morgan fingerprint density at radius 2 is 2.22 bits per heavy atom. The first-order chi connectivity index (χ1) is 8.63. The highest BCUT2D eigenvalue weighted by Gasteiger charge is 2.28. The number of hydrogen-bond acceptors (Lipinski definition) is 2.